The summed E-state index contributed by atoms with van der Waals surface area (Å²) < 4.78 is 2.07. The summed E-state index contributed by atoms with van der Waals surface area (Å²) in [5, 5.41) is 13.0. The van der Waals surface area contributed by atoms with Crippen molar-refractivity contribution in [1.29, 1.82) is 0 Å². The van der Waals surface area contributed by atoms with Crippen LogP contribution >= 0.6 is 23.4 Å². The van der Waals surface area contributed by atoms with Crippen molar-refractivity contribution in [3.05, 3.63) is 102 Å². The molecule has 5 aromatic rings. The zero-order chi connectivity index (χ0) is 20.3. The molecule has 0 saturated heterocycles. The van der Waals surface area contributed by atoms with Crippen LogP contribution in [0.4, 0.5) is 0 Å². The molecular weight excluding hydrogens is 412 g/mol. The second kappa shape index (κ2) is 8.30. The summed E-state index contributed by atoms with van der Waals surface area (Å²) in [6, 6.07) is 26.5. The molecule has 0 fully saturated rings. The number of hydrogen-bond donors (Lipinski definition) is 0. The highest BCUT2D eigenvalue weighted by Crippen LogP contribution is 2.31. The highest BCUT2D eigenvalue weighted by molar-refractivity contribution is 7.98. The van der Waals surface area contributed by atoms with Crippen molar-refractivity contribution in [2.75, 3.05) is 0 Å². The van der Waals surface area contributed by atoms with E-state index in [1.807, 2.05) is 36.4 Å². The number of rotatable bonds is 5. The third-order valence-corrected chi connectivity index (χ3v) is 6.12. The lowest BCUT2D eigenvalue weighted by molar-refractivity contribution is 0.886. The lowest BCUT2D eigenvalue weighted by Gasteiger charge is -2.11. The van der Waals surface area contributed by atoms with Gasteiger partial charge in [0.05, 0.1) is 0 Å². The topological polar surface area (TPSA) is 43.6 Å². The molecular formula is C24H17ClN4S. The number of fused-ring (bicyclic) bond motifs is 1. The molecule has 0 bridgehead atoms. The van der Waals surface area contributed by atoms with Gasteiger partial charge in [-0.05, 0) is 52.7 Å². The van der Waals surface area contributed by atoms with Crippen molar-refractivity contribution in [3.63, 3.8) is 0 Å². The van der Waals surface area contributed by atoms with E-state index < -0.39 is 0 Å². The Labute approximate surface area is 183 Å². The zero-order valence-corrected chi connectivity index (χ0v) is 17.5. The Bertz CT molecular complexity index is 1290. The summed E-state index contributed by atoms with van der Waals surface area (Å²) in [7, 11) is 0. The highest BCUT2D eigenvalue weighted by atomic mass is 35.5. The normalized spacial score (nSPS) is 11.1. The summed E-state index contributed by atoms with van der Waals surface area (Å²) in [4.78, 5) is 4.12. The van der Waals surface area contributed by atoms with Crippen LogP contribution in [0.1, 0.15) is 5.56 Å². The van der Waals surface area contributed by atoms with Crippen molar-refractivity contribution in [1.82, 2.24) is 19.7 Å². The zero-order valence-electron chi connectivity index (χ0n) is 15.9. The maximum absolute atomic E-state index is 6.11. The molecule has 4 nitrogen and oxygen atoms in total. The van der Waals surface area contributed by atoms with Gasteiger partial charge in [-0.25, -0.2) is 0 Å². The lowest BCUT2D eigenvalue weighted by Crippen LogP contribution is -2.00. The van der Waals surface area contributed by atoms with Crippen LogP contribution in [-0.2, 0) is 5.75 Å². The SMILES string of the molecule is Clc1ccc(-n2c(SCc3cccc4ccccc34)nnc2-c2ccncc2)cc1. The van der Waals surface area contributed by atoms with Crippen molar-refractivity contribution >= 4 is 34.1 Å². The van der Waals surface area contributed by atoms with Crippen molar-refractivity contribution in [2.45, 2.75) is 10.9 Å². The van der Waals surface area contributed by atoms with Gasteiger partial charge < -0.3 is 0 Å². The first-order valence-corrected chi connectivity index (χ1v) is 10.9. The van der Waals surface area contributed by atoms with Gasteiger partial charge in [-0.2, -0.15) is 0 Å². The Balaban J connectivity index is 1.55. The molecule has 0 unspecified atom stereocenters. The molecule has 0 amide bonds. The molecule has 0 spiro atoms. The fourth-order valence-electron chi connectivity index (χ4n) is 3.43. The van der Waals surface area contributed by atoms with Gasteiger partial charge in [0, 0.05) is 34.4 Å². The van der Waals surface area contributed by atoms with Crippen LogP contribution in [0.2, 0.25) is 5.02 Å². The fraction of sp³-hybridized carbons (Fsp3) is 0.0417. The van der Waals surface area contributed by atoms with E-state index >= 15 is 0 Å². The number of halogens is 1. The largest absolute Gasteiger partial charge is 0.270 e. The molecule has 6 heteroatoms. The maximum atomic E-state index is 6.11. The van der Waals surface area contributed by atoms with E-state index in [1.165, 1.54) is 16.3 Å². The van der Waals surface area contributed by atoms with E-state index in [4.69, 9.17) is 11.6 Å². The summed E-state index contributed by atoms with van der Waals surface area (Å²) in [6.07, 6.45) is 3.53. The standard InChI is InChI=1S/C24H17ClN4S/c25-20-8-10-21(11-9-20)29-23(18-12-14-26-15-13-18)27-28-24(29)30-16-19-6-3-5-17-4-1-2-7-22(17)19/h1-15H,16H2. The first-order chi connectivity index (χ1) is 14.8. The minimum Gasteiger partial charge on any atom is -0.270 e. The second-order valence-corrected chi connectivity index (χ2v) is 8.16. The molecule has 0 aliphatic carbocycles. The van der Waals surface area contributed by atoms with Gasteiger partial charge >= 0.3 is 0 Å². The molecule has 2 aromatic heterocycles. The Kier molecular flexibility index (Phi) is 5.22. The van der Waals surface area contributed by atoms with E-state index in [0.717, 1.165) is 28.0 Å². The van der Waals surface area contributed by atoms with Gasteiger partial charge in [0.25, 0.3) is 0 Å². The fourth-order valence-corrected chi connectivity index (χ4v) is 4.52. The van der Waals surface area contributed by atoms with Gasteiger partial charge in [0.2, 0.25) is 0 Å². The Morgan fingerprint density at radius 2 is 1.57 bits per heavy atom. The Hall–Kier alpha value is -3.15. The van der Waals surface area contributed by atoms with Crippen LogP contribution in [0.5, 0.6) is 0 Å². The molecule has 0 radical (unpaired) electrons. The number of benzene rings is 3. The van der Waals surface area contributed by atoms with Crippen molar-refractivity contribution in [3.8, 4) is 17.1 Å². The number of pyridine rings is 1. The molecule has 0 N–H and O–H groups in total. The van der Waals surface area contributed by atoms with Crippen LogP contribution in [0.15, 0.2) is 96.4 Å². The van der Waals surface area contributed by atoms with E-state index in [9.17, 15) is 0 Å². The molecule has 3 aromatic carbocycles. The van der Waals surface area contributed by atoms with Crippen LogP contribution in [-0.4, -0.2) is 19.7 Å². The Morgan fingerprint density at radius 1 is 0.800 bits per heavy atom. The third kappa shape index (κ3) is 3.70. The van der Waals surface area contributed by atoms with Gasteiger partial charge in [-0.1, -0.05) is 65.8 Å². The number of aromatic nitrogens is 4. The monoisotopic (exact) mass is 428 g/mol. The smallest absolute Gasteiger partial charge is 0.196 e. The average molecular weight is 429 g/mol. The minimum absolute atomic E-state index is 0.697. The summed E-state index contributed by atoms with van der Waals surface area (Å²) in [5.41, 5.74) is 3.20. The third-order valence-electron chi connectivity index (χ3n) is 4.89. The van der Waals surface area contributed by atoms with Crippen LogP contribution in [0, 0.1) is 0 Å². The molecule has 146 valence electrons. The van der Waals surface area contributed by atoms with Gasteiger partial charge in [-0.15, -0.1) is 10.2 Å². The second-order valence-electron chi connectivity index (χ2n) is 6.78. The predicted octanol–water partition coefficient (Wildman–Crippen LogP) is 6.43. The quantitative estimate of drug-likeness (QED) is 0.302. The molecule has 0 saturated carbocycles. The van der Waals surface area contributed by atoms with E-state index in [0.29, 0.717) is 5.02 Å². The van der Waals surface area contributed by atoms with Crippen molar-refractivity contribution in [2.24, 2.45) is 0 Å². The summed E-state index contributed by atoms with van der Waals surface area (Å²) >= 11 is 7.78. The molecule has 5 rings (SSSR count). The molecule has 0 aliphatic rings. The van der Waals surface area contributed by atoms with Gasteiger partial charge in [0.15, 0.2) is 11.0 Å². The minimum atomic E-state index is 0.697. The first kappa shape index (κ1) is 18.9. The van der Waals surface area contributed by atoms with Gasteiger partial charge in [-0.3, -0.25) is 9.55 Å². The van der Waals surface area contributed by atoms with E-state index in [-0.39, 0.29) is 0 Å². The number of thioether (sulfide) groups is 1. The van der Waals surface area contributed by atoms with Gasteiger partial charge in [0.1, 0.15) is 0 Å². The highest BCUT2D eigenvalue weighted by Gasteiger charge is 2.16. The average Bonchev–Trinajstić information content (AvgIpc) is 3.23. The lowest BCUT2D eigenvalue weighted by atomic mass is 10.1. The first-order valence-electron chi connectivity index (χ1n) is 9.51. The predicted molar refractivity (Wildman–Crippen MR) is 123 cm³/mol. The number of hydrogen-bond acceptors (Lipinski definition) is 4. The summed E-state index contributed by atoms with van der Waals surface area (Å²) in [6.45, 7) is 0. The van der Waals surface area contributed by atoms with E-state index in [1.54, 1.807) is 24.2 Å². The van der Waals surface area contributed by atoms with E-state index in [2.05, 4.69) is 62.2 Å². The van der Waals surface area contributed by atoms with Crippen LogP contribution in [0.3, 0.4) is 0 Å². The van der Waals surface area contributed by atoms with Crippen molar-refractivity contribution < 1.29 is 0 Å². The number of nitrogens with zero attached hydrogens (tertiary/aromatic N) is 4. The molecule has 30 heavy (non-hydrogen) atoms. The van der Waals surface area contributed by atoms with Crippen LogP contribution < -0.4 is 0 Å². The molecule has 0 atom stereocenters. The van der Waals surface area contributed by atoms with Crippen LogP contribution in [0.25, 0.3) is 27.8 Å². The maximum Gasteiger partial charge on any atom is 0.196 e. The molecule has 2 heterocycles. The summed E-state index contributed by atoms with van der Waals surface area (Å²) in [5.74, 6) is 1.57. The Morgan fingerprint density at radius 3 is 2.40 bits per heavy atom. The molecule has 0 aliphatic heterocycles.